The Hall–Kier alpha value is -0.570. The minimum atomic E-state index is 0.356. The molecule has 92 valence electrons. The van der Waals surface area contributed by atoms with Crippen molar-refractivity contribution in [2.24, 2.45) is 5.41 Å². The number of carbonyl (C=O) groups excluding carboxylic acids is 1. The molecule has 16 heavy (non-hydrogen) atoms. The molecule has 1 atom stereocenters. The predicted octanol–water partition coefficient (Wildman–Crippen LogP) is 1.78. The first-order valence-corrected chi connectivity index (χ1v) is 6.58. The van der Waals surface area contributed by atoms with E-state index >= 15 is 0 Å². The molecule has 0 aromatic rings. The largest absolute Gasteiger partial charge is 0.343 e. The van der Waals surface area contributed by atoms with Crippen LogP contribution in [0, 0.1) is 5.41 Å². The van der Waals surface area contributed by atoms with Gasteiger partial charge in [-0.15, -0.1) is 0 Å². The highest BCUT2D eigenvalue weighted by atomic mass is 16.2. The molecule has 2 aliphatic heterocycles. The van der Waals surface area contributed by atoms with Gasteiger partial charge in [0.15, 0.2) is 0 Å². The van der Waals surface area contributed by atoms with E-state index in [1.807, 2.05) is 0 Å². The molecule has 0 radical (unpaired) electrons. The van der Waals surface area contributed by atoms with E-state index in [9.17, 15) is 4.79 Å². The van der Waals surface area contributed by atoms with Gasteiger partial charge < -0.3 is 10.2 Å². The van der Waals surface area contributed by atoms with Crippen molar-refractivity contribution >= 4 is 5.91 Å². The standard InChI is InChI=1S/C13H24N2O/c1-13(2)5-8-15(9-6-13)12(16)10-11-4-3-7-14-11/h11,14H,3-10H2,1-2H3. The van der Waals surface area contributed by atoms with Crippen LogP contribution in [0.5, 0.6) is 0 Å². The monoisotopic (exact) mass is 224 g/mol. The predicted molar refractivity (Wildman–Crippen MR) is 65.2 cm³/mol. The van der Waals surface area contributed by atoms with Crippen molar-refractivity contribution in [2.45, 2.75) is 52.0 Å². The lowest BCUT2D eigenvalue weighted by Gasteiger charge is -2.37. The van der Waals surface area contributed by atoms with Crippen LogP contribution in [0.2, 0.25) is 0 Å². The van der Waals surface area contributed by atoms with Crippen molar-refractivity contribution in [3.8, 4) is 0 Å². The third-order valence-electron chi connectivity index (χ3n) is 4.05. The van der Waals surface area contributed by atoms with E-state index in [1.165, 1.54) is 12.8 Å². The Morgan fingerprint density at radius 1 is 1.38 bits per heavy atom. The molecule has 1 amide bonds. The molecule has 1 unspecified atom stereocenters. The number of nitrogens with one attached hydrogen (secondary N) is 1. The maximum absolute atomic E-state index is 12.1. The zero-order chi connectivity index (χ0) is 11.6. The lowest BCUT2D eigenvalue weighted by atomic mass is 9.82. The van der Waals surface area contributed by atoms with E-state index in [4.69, 9.17) is 0 Å². The zero-order valence-electron chi connectivity index (χ0n) is 10.6. The number of amides is 1. The smallest absolute Gasteiger partial charge is 0.224 e. The summed E-state index contributed by atoms with van der Waals surface area (Å²) < 4.78 is 0. The number of hydrogen-bond acceptors (Lipinski definition) is 2. The first-order valence-electron chi connectivity index (χ1n) is 6.58. The van der Waals surface area contributed by atoms with Gasteiger partial charge in [0.1, 0.15) is 0 Å². The maximum Gasteiger partial charge on any atom is 0.224 e. The highest BCUT2D eigenvalue weighted by Gasteiger charge is 2.29. The Morgan fingerprint density at radius 2 is 2.06 bits per heavy atom. The molecular formula is C13H24N2O. The Bertz CT molecular complexity index is 247. The topological polar surface area (TPSA) is 32.3 Å². The van der Waals surface area contributed by atoms with Crippen LogP contribution in [-0.4, -0.2) is 36.5 Å². The molecule has 0 spiro atoms. The SMILES string of the molecule is CC1(C)CCN(C(=O)CC2CCCN2)CC1. The Labute approximate surface area is 98.6 Å². The molecule has 3 nitrogen and oxygen atoms in total. The third kappa shape index (κ3) is 2.97. The van der Waals surface area contributed by atoms with Crippen LogP contribution in [0.3, 0.4) is 0 Å². The van der Waals surface area contributed by atoms with Crippen LogP contribution >= 0.6 is 0 Å². The Morgan fingerprint density at radius 3 is 2.62 bits per heavy atom. The molecule has 0 aliphatic carbocycles. The minimum Gasteiger partial charge on any atom is -0.343 e. The van der Waals surface area contributed by atoms with Crippen LogP contribution in [0.15, 0.2) is 0 Å². The Kier molecular flexibility index (Phi) is 3.53. The van der Waals surface area contributed by atoms with E-state index in [1.54, 1.807) is 0 Å². The van der Waals surface area contributed by atoms with Gasteiger partial charge in [0.2, 0.25) is 5.91 Å². The van der Waals surface area contributed by atoms with Gasteiger partial charge in [0.25, 0.3) is 0 Å². The van der Waals surface area contributed by atoms with Crippen LogP contribution in [0.1, 0.15) is 46.0 Å². The summed E-state index contributed by atoms with van der Waals surface area (Å²) in [6, 6.07) is 0.447. The van der Waals surface area contributed by atoms with Gasteiger partial charge in [-0.1, -0.05) is 13.8 Å². The number of nitrogens with zero attached hydrogens (tertiary/aromatic N) is 1. The normalized spacial score (nSPS) is 29.4. The lowest BCUT2D eigenvalue weighted by Crippen LogP contribution is -2.43. The number of carbonyl (C=O) groups is 1. The summed E-state index contributed by atoms with van der Waals surface area (Å²) in [4.78, 5) is 14.1. The van der Waals surface area contributed by atoms with Gasteiger partial charge in [0, 0.05) is 25.6 Å². The second-order valence-electron chi connectivity index (χ2n) is 6.04. The number of rotatable bonds is 2. The molecule has 0 bridgehead atoms. The first kappa shape index (κ1) is 11.9. The average molecular weight is 224 g/mol. The fourth-order valence-electron chi connectivity index (χ4n) is 2.63. The van der Waals surface area contributed by atoms with Crippen molar-refractivity contribution in [3.05, 3.63) is 0 Å². The fourth-order valence-corrected chi connectivity index (χ4v) is 2.63. The van der Waals surface area contributed by atoms with Crippen molar-refractivity contribution < 1.29 is 4.79 Å². The Balaban J connectivity index is 1.77. The molecule has 0 aromatic heterocycles. The number of likely N-dealkylation sites (tertiary alicyclic amines) is 1. The van der Waals surface area contributed by atoms with Gasteiger partial charge in [-0.25, -0.2) is 0 Å². The fraction of sp³-hybridized carbons (Fsp3) is 0.923. The first-order chi connectivity index (χ1) is 7.57. The number of hydrogen-bond donors (Lipinski definition) is 1. The summed E-state index contributed by atoms with van der Waals surface area (Å²) in [5.74, 6) is 0.356. The highest BCUT2D eigenvalue weighted by molar-refractivity contribution is 5.77. The van der Waals surface area contributed by atoms with E-state index in [0.29, 0.717) is 23.8 Å². The van der Waals surface area contributed by atoms with Gasteiger partial charge in [-0.05, 0) is 37.6 Å². The van der Waals surface area contributed by atoms with E-state index in [0.717, 1.165) is 32.5 Å². The van der Waals surface area contributed by atoms with Crippen molar-refractivity contribution in [2.75, 3.05) is 19.6 Å². The molecule has 2 saturated heterocycles. The van der Waals surface area contributed by atoms with E-state index in [2.05, 4.69) is 24.1 Å². The van der Waals surface area contributed by atoms with E-state index < -0.39 is 0 Å². The lowest BCUT2D eigenvalue weighted by molar-refractivity contribution is -0.133. The average Bonchev–Trinajstić information content (AvgIpc) is 2.70. The van der Waals surface area contributed by atoms with Crippen LogP contribution in [-0.2, 0) is 4.79 Å². The quantitative estimate of drug-likeness (QED) is 0.775. The highest BCUT2D eigenvalue weighted by Crippen LogP contribution is 2.30. The van der Waals surface area contributed by atoms with Crippen LogP contribution < -0.4 is 5.32 Å². The van der Waals surface area contributed by atoms with Gasteiger partial charge in [0.05, 0.1) is 0 Å². The molecule has 2 heterocycles. The van der Waals surface area contributed by atoms with Gasteiger partial charge in [-0.3, -0.25) is 4.79 Å². The molecular weight excluding hydrogens is 200 g/mol. The summed E-state index contributed by atoms with van der Waals surface area (Å²) >= 11 is 0. The van der Waals surface area contributed by atoms with Crippen molar-refractivity contribution in [1.82, 2.24) is 10.2 Å². The summed E-state index contributed by atoms with van der Waals surface area (Å²) in [7, 11) is 0. The zero-order valence-corrected chi connectivity index (χ0v) is 10.6. The molecule has 2 fully saturated rings. The minimum absolute atomic E-state index is 0.356. The van der Waals surface area contributed by atoms with Crippen LogP contribution in [0.25, 0.3) is 0 Å². The second-order valence-corrected chi connectivity index (χ2v) is 6.04. The molecule has 2 aliphatic rings. The number of piperidine rings is 1. The maximum atomic E-state index is 12.1. The summed E-state index contributed by atoms with van der Waals surface area (Å²) in [5, 5.41) is 3.40. The van der Waals surface area contributed by atoms with Crippen molar-refractivity contribution in [3.63, 3.8) is 0 Å². The van der Waals surface area contributed by atoms with E-state index in [-0.39, 0.29) is 0 Å². The van der Waals surface area contributed by atoms with Crippen molar-refractivity contribution in [1.29, 1.82) is 0 Å². The van der Waals surface area contributed by atoms with Gasteiger partial charge >= 0.3 is 0 Å². The third-order valence-corrected chi connectivity index (χ3v) is 4.05. The molecule has 2 rings (SSSR count). The summed E-state index contributed by atoms with van der Waals surface area (Å²) in [6.45, 7) is 7.60. The summed E-state index contributed by atoms with van der Waals surface area (Å²) in [6.07, 6.45) is 5.41. The van der Waals surface area contributed by atoms with Crippen LogP contribution in [0.4, 0.5) is 0 Å². The summed E-state index contributed by atoms with van der Waals surface area (Å²) in [5.41, 5.74) is 0.433. The molecule has 3 heteroatoms. The molecule has 0 saturated carbocycles. The molecule has 1 N–H and O–H groups in total. The molecule has 0 aromatic carbocycles. The second kappa shape index (κ2) is 4.74. The van der Waals surface area contributed by atoms with Gasteiger partial charge in [-0.2, -0.15) is 0 Å².